The van der Waals surface area contributed by atoms with Gasteiger partial charge in [0, 0.05) is 18.0 Å². The highest BCUT2D eigenvalue weighted by Crippen LogP contribution is 2.44. The second kappa shape index (κ2) is 5.87. The number of pyridine rings is 1. The second-order valence-corrected chi connectivity index (χ2v) is 6.80. The SMILES string of the molecule is O=C1CCC(N2C(=O)c3cccc4c(C(F)(F)c5cn[nH]n5)cnc2c34)C(=O)N1. The normalized spacial score (nSPS) is 19.2. The fourth-order valence-electron chi connectivity index (χ4n) is 3.82. The first-order valence-corrected chi connectivity index (χ1v) is 8.73. The number of alkyl halides is 2. The van der Waals surface area contributed by atoms with Gasteiger partial charge >= 0.3 is 5.92 Å². The molecule has 9 nitrogen and oxygen atoms in total. The zero-order chi connectivity index (χ0) is 20.3. The van der Waals surface area contributed by atoms with Crippen molar-refractivity contribution in [2.24, 2.45) is 0 Å². The summed E-state index contributed by atoms with van der Waals surface area (Å²) < 4.78 is 30.1. The summed E-state index contributed by atoms with van der Waals surface area (Å²) in [5.41, 5.74) is -0.830. The van der Waals surface area contributed by atoms with Crippen molar-refractivity contribution in [2.45, 2.75) is 24.8 Å². The lowest BCUT2D eigenvalue weighted by Crippen LogP contribution is -2.53. The minimum absolute atomic E-state index is 0.0714. The average Bonchev–Trinajstić information content (AvgIpc) is 3.32. The first-order valence-electron chi connectivity index (χ1n) is 8.73. The molecule has 4 heterocycles. The fourth-order valence-corrected chi connectivity index (χ4v) is 3.82. The lowest BCUT2D eigenvalue weighted by atomic mass is 9.98. The van der Waals surface area contributed by atoms with E-state index in [1.807, 2.05) is 0 Å². The molecule has 11 heteroatoms. The molecule has 0 spiro atoms. The van der Waals surface area contributed by atoms with Crippen molar-refractivity contribution in [2.75, 3.05) is 4.90 Å². The van der Waals surface area contributed by atoms with Crippen LogP contribution in [0.15, 0.2) is 30.6 Å². The van der Waals surface area contributed by atoms with Crippen LogP contribution in [0.25, 0.3) is 10.8 Å². The number of nitrogens with one attached hydrogen (secondary N) is 2. The number of halogens is 2. The first kappa shape index (κ1) is 17.3. The van der Waals surface area contributed by atoms with Crippen molar-refractivity contribution >= 4 is 34.3 Å². The number of hydrogen-bond acceptors (Lipinski definition) is 6. The molecule has 1 atom stereocenters. The van der Waals surface area contributed by atoms with Gasteiger partial charge in [0.25, 0.3) is 5.91 Å². The van der Waals surface area contributed by atoms with Crippen LogP contribution in [0.1, 0.15) is 34.5 Å². The van der Waals surface area contributed by atoms with E-state index in [1.165, 1.54) is 23.1 Å². The summed E-state index contributed by atoms with van der Waals surface area (Å²) in [4.78, 5) is 42.0. The van der Waals surface area contributed by atoms with E-state index in [0.717, 1.165) is 12.4 Å². The zero-order valence-corrected chi connectivity index (χ0v) is 14.6. The molecular weight excluding hydrogens is 386 g/mol. The number of H-pyrrole nitrogens is 1. The van der Waals surface area contributed by atoms with Crippen LogP contribution >= 0.6 is 0 Å². The number of carbonyl (C=O) groups excluding carboxylic acids is 3. The van der Waals surface area contributed by atoms with Gasteiger partial charge in [0.2, 0.25) is 11.8 Å². The van der Waals surface area contributed by atoms with E-state index in [0.29, 0.717) is 0 Å². The van der Waals surface area contributed by atoms with Crippen LogP contribution < -0.4 is 10.2 Å². The predicted octanol–water partition coefficient (Wildman–Crippen LogP) is 1.26. The Bertz CT molecular complexity index is 1190. The van der Waals surface area contributed by atoms with E-state index in [1.54, 1.807) is 0 Å². The fraction of sp³-hybridized carbons (Fsp3) is 0.222. The highest BCUT2D eigenvalue weighted by Gasteiger charge is 2.45. The van der Waals surface area contributed by atoms with Crippen LogP contribution in [0.3, 0.4) is 0 Å². The van der Waals surface area contributed by atoms with Crippen LogP contribution in [0.2, 0.25) is 0 Å². The second-order valence-electron chi connectivity index (χ2n) is 6.80. The third-order valence-corrected chi connectivity index (χ3v) is 5.17. The smallest absolute Gasteiger partial charge is 0.295 e. The number of imide groups is 1. The van der Waals surface area contributed by atoms with Gasteiger partial charge in [0.05, 0.1) is 17.3 Å². The minimum atomic E-state index is -3.50. The number of carbonyl (C=O) groups is 3. The van der Waals surface area contributed by atoms with E-state index >= 15 is 8.78 Å². The molecule has 0 aliphatic carbocycles. The minimum Gasteiger partial charge on any atom is -0.295 e. The Hall–Kier alpha value is -3.76. The van der Waals surface area contributed by atoms with Gasteiger partial charge in [-0.2, -0.15) is 24.2 Å². The number of piperidine rings is 1. The molecule has 29 heavy (non-hydrogen) atoms. The molecule has 2 N–H and O–H groups in total. The molecule has 2 aliphatic rings. The molecule has 0 bridgehead atoms. The van der Waals surface area contributed by atoms with Gasteiger partial charge in [-0.3, -0.25) is 24.6 Å². The number of aromatic nitrogens is 4. The van der Waals surface area contributed by atoms with Crippen molar-refractivity contribution in [3.63, 3.8) is 0 Å². The van der Waals surface area contributed by atoms with Crippen LogP contribution in [-0.4, -0.2) is 44.2 Å². The summed E-state index contributed by atoms with van der Waals surface area (Å²) in [5, 5.41) is 11.6. The van der Waals surface area contributed by atoms with Crippen LogP contribution in [0, 0.1) is 0 Å². The summed E-state index contributed by atoms with van der Waals surface area (Å²) in [6.07, 6.45) is 2.10. The average molecular weight is 398 g/mol. The quantitative estimate of drug-likeness (QED) is 0.641. The van der Waals surface area contributed by atoms with Crippen molar-refractivity contribution in [1.82, 2.24) is 25.7 Å². The highest BCUT2D eigenvalue weighted by molar-refractivity contribution is 6.26. The molecule has 146 valence electrons. The van der Waals surface area contributed by atoms with E-state index in [9.17, 15) is 14.4 Å². The number of benzene rings is 1. The molecule has 0 saturated carbocycles. The van der Waals surface area contributed by atoms with Crippen LogP contribution in [-0.2, 0) is 15.5 Å². The Balaban J connectivity index is 1.68. The van der Waals surface area contributed by atoms with Crippen molar-refractivity contribution in [3.05, 3.63) is 47.4 Å². The van der Waals surface area contributed by atoms with Crippen LogP contribution in [0.4, 0.5) is 14.6 Å². The van der Waals surface area contributed by atoms with Crippen molar-refractivity contribution in [1.29, 1.82) is 0 Å². The molecule has 1 fully saturated rings. The first-order chi connectivity index (χ1) is 13.9. The van der Waals surface area contributed by atoms with Gasteiger partial charge in [-0.1, -0.05) is 12.1 Å². The molecule has 0 radical (unpaired) electrons. The molecule has 2 aromatic heterocycles. The predicted molar refractivity (Wildman–Crippen MR) is 94.1 cm³/mol. The summed E-state index contributed by atoms with van der Waals surface area (Å²) in [6, 6.07) is 3.52. The van der Waals surface area contributed by atoms with E-state index in [4.69, 9.17) is 0 Å². The number of anilines is 1. The molecule has 3 aromatic rings. The summed E-state index contributed by atoms with van der Waals surface area (Å²) in [5.74, 6) is -4.93. The molecule has 1 unspecified atom stereocenters. The van der Waals surface area contributed by atoms with Gasteiger partial charge in [0.15, 0.2) is 5.69 Å². The van der Waals surface area contributed by atoms with E-state index < -0.39 is 40.9 Å². The van der Waals surface area contributed by atoms with Gasteiger partial charge < -0.3 is 0 Å². The summed E-state index contributed by atoms with van der Waals surface area (Å²) >= 11 is 0. The monoisotopic (exact) mass is 398 g/mol. The lowest BCUT2D eigenvalue weighted by Gasteiger charge is -2.29. The highest BCUT2D eigenvalue weighted by atomic mass is 19.3. The molecule has 5 rings (SSSR count). The van der Waals surface area contributed by atoms with E-state index in [2.05, 4.69) is 25.7 Å². The van der Waals surface area contributed by atoms with Gasteiger partial charge in [-0.15, -0.1) is 0 Å². The Labute approximate surface area is 161 Å². The Kier molecular flexibility index (Phi) is 3.51. The van der Waals surface area contributed by atoms with Crippen LogP contribution in [0.5, 0.6) is 0 Å². The van der Waals surface area contributed by atoms with Gasteiger partial charge in [-0.25, -0.2) is 4.98 Å². The Morgan fingerprint density at radius 1 is 1.17 bits per heavy atom. The number of rotatable bonds is 3. The summed E-state index contributed by atoms with van der Waals surface area (Å²) in [7, 11) is 0. The summed E-state index contributed by atoms with van der Waals surface area (Å²) in [6.45, 7) is 0. The molecule has 1 aromatic carbocycles. The Morgan fingerprint density at radius 3 is 2.72 bits per heavy atom. The number of amides is 3. The standard InChI is InChI=1S/C18H12F2N6O3/c19-18(20,12-7-22-25-24-12)10-6-21-15-14-8(10)2-1-3-9(14)17(29)26(15)11-4-5-13(27)23-16(11)28/h1-3,6-7,11H,4-5H2,(H,22,24,25)(H,23,27,28). The van der Waals surface area contributed by atoms with Crippen molar-refractivity contribution < 1.29 is 23.2 Å². The lowest BCUT2D eigenvalue weighted by molar-refractivity contribution is -0.134. The largest absolute Gasteiger partial charge is 0.320 e. The maximum Gasteiger partial charge on any atom is 0.320 e. The number of hydrogen-bond donors (Lipinski definition) is 2. The van der Waals surface area contributed by atoms with E-state index in [-0.39, 0.29) is 35.0 Å². The zero-order valence-electron chi connectivity index (χ0n) is 14.6. The third-order valence-electron chi connectivity index (χ3n) is 5.17. The molecule has 1 saturated heterocycles. The topological polar surface area (TPSA) is 121 Å². The molecule has 2 aliphatic heterocycles. The van der Waals surface area contributed by atoms with Crippen molar-refractivity contribution in [3.8, 4) is 0 Å². The van der Waals surface area contributed by atoms with Gasteiger partial charge in [-0.05, 0) is 17.9 Å². The molecule has 3 amide bonds. The Morgan fingerprint density at radius 2 is 2.00 bits per heavy atom. The maximum absolute atomic E-state index is 15.0. The number of aromatic amines is 1. The third kappa shape index (κ3) is 2.36. The number of nitrogens with zero attached hydrogens (tertiary/aromatic N) is 4. The maximum atomic E-state index is 15.0. The molecular formula is C18H12F2N6O3. The van der Waals surface area contributed by atoms with Gasteiger partial charge in [0.1, 0.15) is 11.9 Å².